The van der Waals surface area contributed by atoms with Gasteiger partial charge in [-0.05, 0) is 55.9 Å². The van der Waals surface area contributed by atoms with Gasteiger partial charge in [0.25, 0.3) is 5.56 Å². The average molecular weight is 468 g/mol. The Morgan fingerprint density at radius 2 is 1.89 bits per heavy atom. The minimum atomic E-state index is -0.607. The van der Waals surface area contributed by atoms with Gasteiger partial charge in [-0.1, -0.05) is 24.3 Å². The molecular weight excluding hydrogens is 445 g/mol. The molecule has 2 aromatic heterocycles. The summed E-state index contributed by atoms with van der Waals surface area (Å²) in [6, 6.07) is 15.5. The van der Waals surface area contributed by atoms with Crippen LogP contribution in [-0.2, 0) is 0 Å². The van der Waals surface area contributed by atoms with E-state index in [0.717, 1.165) is 19.3 Å². The van der Waals surface area contributed by atoms with Crippen molar-refractivity contribution in [3.05, 3.63) is 81.8 Å². The van der Waals surface area contributed by atoms with Crippen LogP contribution in [0.3, 0.4) is 0 Å². The standard InChI is InChI=1S/C26H22FN7O/c1-15-17(13-28)22(32-25(29)30-15)33-14-26(10-11-26)12-20(33)23-31-19-9-5-8-18(27)21(19)24(35)34(23)16-6-3-2-4-7-16/h2-9,20H,10-12,14H2,1H3,(H2,29,30,32)/t20-/m0/s1. The van der Waals surface area contributed by atoms with E-state index >= 15 is 0 Å². The number of hydrogen-bond donors (Lipinski definition) is 1. The number of nitrogen functional groups attached to an aromatic ring is 1. The van der Waals surface area contributed by atoms with Gasteiger partial charge >= 0.3 is 0 Å². The molecule has 4 aromatic rings. The van der Waals surface area contributed by atoms with Crippen molar-refractivity contribution in [2.75, 3.05) is 17.2 Å². The van der Waals surface area contributed by atoms with Gasteiger partial charge in [-0.2, -0.15) is 10.2 Å². The summed E-state index contributed by atoms with van der Waals surface area (Å²) in [5.74, 6) is 0.409. The number of rotatable bonds is 3. The topological polar surface area (TPSA) is 114 Å². The number of nitriles is 1. The monoisotopic (exact) mass is 467 g/mol. The first-order valence-electron chi connectivity index (χ1n) is 11.5. The van der Waals surface area contributed by atoms with Crippen molar-refractivity contribution in [3.63, 3.8) is 0 Å². The van der Waals surface area contributed by atoms with E-state index in [0.29, 0.717) is 40.6 Å². The molecule has 1 saturated heterocycles. The number of aromatic nitrogens is 4. The zero-order valence-electron chi connectivity index (χ0n) is 19.1. The molecule has 2 aromatic carbocycles. The normalized spacial score (nSPS) is 18.2. The molecule has 6 rings (SSSR count). The highest BCUT2D eigenvalue weighted by Crippen LogP contribution is 2.59. The summed E-state index contributed by atoms with van der Waals surface area (Å²) in [4.78, 5) is 29.2. The second-order valence-electron chi connectivity index (χ2n) is 9.41. The maximum Gasteiger partial charge on any atom is 0.269 e. The Labute approximate surface area is 200 Å². The number of hydrogen-bond acceptors (Lipinski definition) is 7. The minimum absolute atomic E-state index is 0.0503. The number of anilines is 2. The summed E-state index contributed by atoms with van der Waals surface area (Å²) in [7, 11) is 0. The number of benzene rings is 2. The second-order valence-corrected chi connectivity index (χ2v) is 9.41. The summed E-state index contributed by atoms with van der Waals surface area (Å²) < 4.78 is 16.3. The Hall–Kier alpha value is -4.32. The Balaban J connectivity index is 1.64. The molecule has 9 heteroatoms. The molecule has 0 bridgehead atoms. The van der Waals surface area contributed by atoms with Crippen LogP contribution >= 0.6 is 0 Å². The van der Waals surface area contributed by atoms with Crippen molar-refractivity contribution >= 4 is 22.7 Å². The minimum Gasteiger partial charge on any atom is -0.368 e. The number of fused-ring (bicyclic) bond motifs is 1. The van der Waals surface area contributed by atoms with E-state index in [2.05, 4.69) is 16.0 Å². The van der Waals surface area contributed by atoms with Gasteiger partial charge < -0.3 is 10.6 Å². The number of para-hydroxylation sites is 1. The van der Waals surface area contributed by atoms with Crippen LogP contribution in [-0.4, -0.2) is 26.1 Å². The highest BCUT2D eigenvalue weighted by Gasteiger charge is 2.54. The average Bonchev–Trinajstić information content (AvgIpc) is 3.49. The molecule has 1 atom stereocenters. The number of nitrogens with zero attached hydrogens (tertiary/aromatic N) is 6. The third-order valence-corrected chi connectivity index (χ3v) is 7.12. The Kier molecular flexibility index (Phi) is 4.61. The number of nitrogens with two attached hydrogens (primary N) is 1. The van der Waals surface area contributed by atoms with E-state index in [-0.39, 0.29) is 22.8 Å². The van der Waals surface area contributed by atoms with Crippen LogP contribution in [0.2, 0.25) is 0 Å². The van der Waals surface area contributed by atoms with Crippen molar-refractivity contribution in [2.45, 2.75) is 32.2 Å². The van der Waals surface area contributed by atoms with Crippen LogP contribution in [0.15, 0.2) is 53.3 Å². The third kappa shape index (κ3) is 3.33. The van der Waals surface area contributed by atoms with Gasteiger partial charge in [0.15, 0.2) is 5.82 Å². The molecule has 3 heterocycles. The third-order valence-electron chi connectivity index (χ3n) is 7.12. The van der Waals surface area contributed by atoms with Gasteiger partial charge in [0.2, 0.25) is 5.95 Å². The largest absolute Gasteiger partial charge is 0.368 e. The summed E-state index contributed by atoms with van der Waals surface area (Å²) in [6.45, 7) is 2.39. The molecule has 2 aliphatic rings. The van der Waals surface area contributed by atoms with Crippen molar-refractivity contribution in [2.24, 2.45) is 5.41 Å². The van der Waals surface area contributed by atoms with E-state index in [4.69, 9.17) is 10.7 Å². The Morgan fingerprint density at radius 3 is 2.60 bits per heavy atom. The number of halogens is 1. The fourth-order valence-electron chi connectivity index (χ4n) is 5.22. The van der Waals surface area contributed by atoms with Crippen LogP contribution in [0.25, 0.3) is 16.6 Å². The van der Waals surface area contributed by atoms with E-state index in [1.165, 1.54) is 10.6 Å². The predicted molar refractivity (Wildman–Crippen MR) is 130 cm³/mol. The zero-order chi connectivity index (χ0) is 24.3. The molecule has 1 spiro atoms. The Bertz CT molecular complexity index is 1590. The first-order chi connectivity index (χ1) is 16.9. The zero-order valence-corrected chi connectivity index (χ0v) is 19.1. The van der Waals surface area contributed by atoms with Crippen LogP contribution < -0.4 is 16.2 Å². The number of aryl methyl sites for hydroxylation is 1. The van der Waals surface area contributed by atoms with E-state index in [1.54, 1.807) is 31.2 Å². The summed E-state index contributed by atoms with van der Waals surface area (Å²) in [5.41, 5.74) is 7.32. The first kappa shape index (κ1) is 21.2. The maximum absolute atomic E-state index is 14.8. The molecule has 8 nitrogen and oxygen atoms in total. The van der Waals surface area contributed by atoms with Crippen molar-refractivity contribution in [3.8, 4) is 11.8 Å². The molecule has 2 fully saturated rings. The smallest absolute Gasteiger partial charge is 0.269 e. The molecular formula is C26H22FN7O. The Morgan fingerprint density at radius 1 is 1.11 bits per heavy atom. The molecule has 0 amide bonds. The van der Waals surface area contributed by atoms with E-state index < -0.39 is 11.4 Å². The van der Waals surface area contributed by atoms with Crippen LogP contribution in [0.5, 0.6) is 0 Å². The summed E-state index contributed by atoms with van der Waals surface area (Å²) >= 11 is 0. The molecule has 1 aliphatic carbocycles. The van der Waals surface area contributed by atoms with Gasteiger partial charge in [-0.15, -0.1) is 0 Å². The molecule has 1 aliphatic heterocycles. The molecule has 1 saturated carbocycles. The fourth-order valence-corrected chi connectivity index (χ4v) is 5.22. The first-order valence-corrected chi connectivity index (χ1v) is 11.5. The lowest BCUT2D eigenvalue weighted by Crippen LogP contribution is -2.33. The molecule has 174 valence electrons. The fraction of sp³-hybridized carbons (Fsp3) is 0.269. The predicted octanol–water partition coefficient (Wildman–Crippen LogP) is 3.81. The lowest BCUT2D eigenvalue weighted by molar-refractivity contribution is 0.535. The van der Waals surface area contributed by atoms with E-state index in [9.17, 15) is 14.4 Å². The molecule has 0 unspecified atom stereocenters. The highest BCUT2D eigenvalue weighted by atomic mass is 19.1. The second kappa shape index (κ2) is 7.60. The maximum atomic E-state index is 14.8. The highest BCUT2D eigenvalue weighted by molar-refractivity contribution is 5.79. The SMILES string of the molecule is Cc1nc(N)nc(N2CC3(CC3)C[C@H]2c2nc3cccc(F)c3c(=O)n2-c2ccccc2)c1C#N. The van der Waals surface area contributed by atoms with Crippen LogP contribution in [0, 0.1) is 29.5 Å². The summed E-state index contributed by atoms with van der Waals surface area (Å²) in [5, 5.41) is 9.84. The van der Waals surface area contributed by atoms with Crippen molar-refractivity contribution in [1.82, 2.24) is 19.5 Å². The summed E-state index contributed by atoms with van der Waals surface area (Å²) in [6.07, 6.45) is 2.82. The molecule has 2 N–H and O–H groups in total. The van der Waals surface area contributed by atoms with Crippen molar-refractivity contribution < 1.29 is 4.39 Å². The van der Waals surface area contributed by atoms with Gasteiger partial charge in [0, 0.05) is 6.54 Å². The van der Waals surface area contributed by atoms with Gasteiger partial charge in [-0.25, -0.2) is 14.4 Å². The lowest BCUT2D eigenvalue weighted by atomic mass is 10.0. The van der Waals surface area contributed by atoms with E-state index in [1.807, 2.05) is 23.1 Å². The lowest BCUT2D eigenvalue weighted by Gasteiger charge is -2.28. The molecule has 0 radical (unpaired) electrons. The van der Waals surface area contributed by atoms with Gasteiger partial charge in [-0.3, -0.25) is 9.36 Å². The quantitative estimate of drug-likeness (QED) is 0.487. The molecule has 35 heavy (non-hydrogen) atoms. The van der Waals surface area contributed by atoms with Gasteiger partial charge in [0.1, 0.15) is 28.7 Å². The van der Waals surface area contributed by atoms with Crippen LogP contribution in [0.4, 0.5) is 16.2 Å². The van der Waals surface area contributed by atoms with Crippen LogP contribution in [0.1, 0.15) is 42.4 Å². The van der Waals surface area contributed by atoms with Crippen molar-refractivity contribution in [1.29, 1.82) is 5.26 Å². The van der Waals surface area contributed by atoms with Gasteiger partial charge in [0.05, 0.1) is 22.9 Å².